The molecule has 4 aromatic carbocycles. The molecule has 0 spiro atoms. The van der Waals surface area contributed by atoms with Gasteiger partial charge in [-0.25, -0.2) is 0 Å². The minimum absolute atomic E-state index is 0.0279. The molecule has 1 amide bonds. The van der Waals surface area contributed by atoms with Gasteiger partial charge in [-0.1, -0.05) is 54.6 Å². The molecule has 1 atom stereocenters. The Morgan fingerprint density at radius 1 is 0.968 bits per heavy atom. The van der Waals surface area contributed by atoms with E-state index in [1.807, 2.05) is 78.6 Å². The van der Waals surface area contributed by atoms with Crippen molar-refractivity contribution < 1.29 is 9.53 Å². The number of hydrogen-bond acceptors (Lipinski definition) is 3. The second kappa shape index (κ2) is 8.23. The Hall–Kier alpha value is -3.06. The number of amides is 1. The quantitative estimate of drug-likeness (QED) is 0.308. The number of halogens is 1. The third-order valence-electron chi connectivity index (χ3n) is 5.52. The molecule has 31 heavy (non-hydrogen) atoms. The van der Waals surface area contributed by atoms with Crippen molar-refractivity contribution in [1.29, 1.82) is 0 Å². The molecule has 5 heteroatoms. The molecule has 0 aliphatic carbocycles. The highest BCUT2D eigenvalue weighted by Crippen LogP contribution is 2.42. The van der Waals surface area contributed by atoms with Crippen LogP contribution < -0.4 is 15.0 Å². The lowest BCUT2D eigenvalue weighted by Crippen LogP contribution is -2.43. The number of anilines is 2. The first kappa shape index (κ1) is 19.9. The van der Waals surface area contributed by atoms with E-state index in [1.54, 1.807) is 0 Å². The van der Waals surface area contributed by atoms with Crippen molar-refractivity contribution in [2.75, 3.05) is 16.8 Å². The standard InChI is InChI=1S/C26H21IN2O2/c1-2-31-24-13-6-5-11-20(24)25-28-22-15-14-18(27)16-21(22)26(30)29(25)23-12-7-9-17-8-3-4-10-19(17)23/h3-16,25,28H,2H2,1H3/t25-/m1/s1. The molecule has 1 heterocycles. The van der Waals surface area contributed by atoms with Crippen LogP contribution in [0.2, 0.25) is 0 Å². The highest BCUT2D eigenvalue weighted by atomic mass is 127. The van der Waals surface area contributed by atoms with Crippen LogP contribution >= 0.6 is 22.6 Å². The molecule has 0 fully saturated rings. The highest BCUT2D eigenvalue weighted by Gasteiger charge is 2.36. The third-order valence-corrected chi connectivity index (χ3v) is 6.19. The van der Waals surface area contributed by atoms with Crippen molar-refractivity contribution in [2.24, 2.45) is 0 Å². The summed E-state index contributed by atoms with van der Waals surface area (Å²) >= 11 is 2.25. The maximum Gasteiger partial charge on any atom is 0.262 e. The molecule has 154 valence electrons. The molecule has 0 aromatic heterocycles. The molecule has 4 aromatic rings. The van der Waals surface area contributed by atoms with E-state index in [-0.39, 0.29) is 5.91 Å². The predicted octanol–water partition coefficient (Wildman–Crippen LogP) is 6.61. The molecule has 4 nitrogen and oxygen atoms in total. The number of rotatable bonds is 4. The second-order valence-electron chi connectivity index (χ2n) is 7.38. The SMILES string of the molecule is CCOc1ccccc1[C@@H]1Nc2ccc(I)cc2C(=O)N1c1cccc2ccccc12. The molecule has 0 unspecified atom stereocenters. The van der Waals surface area contributed by atoms with E-state index in [9.17, 15) is 4.79 Å². The van der Waals surface area contributed by atoms with E-state index >= 15 is 0 Å². The molecule has 0 bridgehead atoms. The van der Waals surface area contributed by atoms with E-state index in [1.165, 1.54) is 0 Å². The van der Waals surface area contributed by atoms with Gasteiger partial charge in [-0.05, 0) is 65.2 Å². The Kier molecular flexibility index (Phi) is 5.28. The van der Waals surface area contributed by atoms with Gasteiger partial charge in [0.2, 0.25) is 0 Å². The first-order chi connectivity index (χ1) is 15.2. The molecular formula is C26H21IN2O2. The Morgan fingerprint density at radius 3 is 2.61 bits per heavy atom. The molecule has 0 saturated heterocycles. The summed E-state index contributed by atoms with van der Waals surface area (Å²) in [7, 11) is 0. The van der Waals surface area contributed by atoms with Gasteiger partial charge >= 0.3 is 0 Å². The van der Waals surface area contributed by atoms with Crippen molar-refractivity contribution in [3.05, 3.63) is 99.6 Å². The molecule has 1 aliphatic rings. The topological polar surface area (TPSA) is 41.6 Å². The zero-order chi connectivity index (χ0) is 21.4. The number of benzene rings is 4. The van der Waals surface area contributed by atoms with Gasteiger partial charge in [0.05, 0.1) is 17.9 Å². The van der Waals surface area contributed by atoms with Gasteiger partial charge in [0, 0.05) is 20.2 Å². The molecule has 1 N–H and O–H groups in total. The summed E-state index contributed by atoms with van der Waals surface area (Å²) in [4.78, 5) is 15.8. The van der Waals surface area contributed by atoms with Crippen molar-refractivity contribution in [2.45, 2.75) is 13.1 Å². The predicted molar refractivity (Wildman–Crippen MR) is 134 cm³/mol. The van der Waals surface area contributed by atoms with Gasteiger partial charge in [0.15, 0.2) is 0 Å². The second-order valence-corrected chi connectivity index (χ2v) is 8.63. The van der Waals surface area contributed by atoms with Crippen LogP contribution in [-0.4, -0.2) is 12.5 Å². The van der Waals surface area contributed by atoms with E-state index in [4.69, 9.17) is 4.74 Å². The van der Waals surface area contributed by atoms with Crippen LogP contribution in [0.5, 0.6) is 5.75 Å². The first-order valence-corrected chi connectivity index (χ1v) is 11.3. The van der Waals surface area contributed by atoms with Gasteiger partial charge in [-0.15, -0.1) is 0 Å². The van der Waals surface area contributed by atoms with Crippen LogP contribution in [0.15, 0.2) is 84.9 Å². The van der Waals surface area contributed by atoms with Crippen LogP contribution in [-0.2, 0) is 0 Å². The summed E-state index contributed by atoms with van der Waals surface area (Å²) in [6.07, 6.45) is -0.395. The minimum Gasteiger partial charge on any atom is -0.493 e. The van der Waals surface area contributed by atoms with Crippen molar-refractivity contribution >= 4 is 50.6 Å². The average molecular weight is 520 g/mol. The summed E-state index contributed by atoms with van der Waals surface area (Å²) in [6.45, 7) is 2.52. The Morgan fingerprint density at radius 2 is 1.74 bits per heavy atom. The van der Waals surface area contributed by atoms with Gasteiger partial charge in [0.25, 0.3) is 5.91 Å². The fourth-order valence-corrected chi connectivity index (χ4v) is 4.65. The molecule has 1 aliphatic heterocycles. The summed E-state index contributed by atoms with van der Waals surface area (Å²) in [5.74, 6) is 0.745. The zero-order valence-corrected chi connectivity index (χ0v) is 19.2. The van der Waals surface area contributed by atoms with E-state index in [2.05, 4.69) is 46.1 Å². The van der Waals surface area contributed by atoms with Gasteiger partial charge in [-0.2, -0.15) is 0 Å². The lowest BCUT2D eigenvalue weighted by atomic mass is 10.00. The van der Waals surface area contributed by atoms with Crippen LogP contribution in [0, 0.1) is 3.57 Å². The third kappa shape index (κ3) is 3.53. The molecule has 0 saturated carbocycles. The van der Waals surface area contributed by atoms with Crippen molar-refractivity contribution in [3.63, 3.8) is 0 Å². The number of para-hydroxylation sites is 1. The van der Waals surface area contributed by atoms with Gasteiger partial charge in [-0.3, -0.25) is 9.69 Å². The fourth-order valence-electron chi connectivity index (χ4n) is 4.16. The van der Waals surface area contributed by atoms with Crippen LogP contribution in [0.3, 0.4) is 0 Å². The smallest absolute Gasteiger partial charge is 0.262 e. The lowest BCUT2D eigenvalue weighted by Gasteiger charge is -2.39. The zero-order valence-electron chi connectivity index (χ0n) is 17.0. The minimum atomic E-state index is -0.395. The largest absolute Gasteiger partial charge is 0.493 e. The highest BCUT2D eigenvalue weighted by molar-refractivity contribution is 14.1. The normalized spacial score (nSPS) is 15.5. The average Bonchev–Trinajstić information content (AvgIpc) is 2.80. The van der Waals surface area contributed by atoms with Gasteiger partial charge < -0.3 is 10.1 Å². The number of hydrogen-bond donors (Lipinski definition) is 1. The monoisotopic (exact) mass is 520 g/mol. The van der Waals surface area contributed by atoms with E-state index in [0.717, 1.165) is 37.0 Å². The molecule has 0 radical (unpaired) electrons. The van der Waals surface area contributed by atoms with Crippen LogP contribution in [0.25, 0.3) is 10.8 Å². The van der Waals surface area contributed by atoms with Crippen molar-refractivity contribution in [3.8, 4) is 5.75 Å². The Labute approximate surface area is 195 Å². The maximum absolute atomic E-state index is 13.9. The number of carbonyl (C=O) groups excluding carboxylic acids is 1. The summed E-state index contributed by atoms with van der Waals surface area (Å²) in [5, 5.41) is 5.74. The summed E-state index contributed by atoms with van der Waals surface area (Å²) < 4.78 is 6.95. The number of ether oxygens (including phenoxy) is 1. The summed E-state index contributed by atoms with van der Waals surface area (Å²) in [6, 6.07) is 28.1. The fraction of sp³-hybridized carbons (Fsp3) is 0.115. The van der Waals surface area contributed by atoms with Crippen LogP contribution in [0.4, 0.5) is 11.4 Å². The Bertz CT molecular complexity index is 1280. The van der Waals surface area contributed by atoms with Crippen LogP contribution in [0.1, 0.15) is 29.0 Å². The van der Waals surface area contributed by atoms with E-state index in [0.29, 0.717) is 12.2 Å². The number of nitrogens with one attached hydrogen (secondary N) is 1. The number of nitrogens with zero attached hydrogens (tertiary/aromatic N) is 1. The lowest BCUT2D eigenvalue weighted by molar-refractivity contribution is 0.0975. The first-order valence-electron chi connectivity index (χ1n) is 10.3. The molecule has 5 rings (SSSR count). The van der Waals surface area contributed by atoms with Gasteiger partial charge in [0.1, 0.15) is 11.9 Å². The Balaban J connectivity index is 1.75. The molecular weight excluding hydrogens is 499 g/mol. The summed E-state index contributed by atoms with van der Waals surface area (Å²) in [5.41, 5.74) is 3.30. The number of fused-ring (bicyclic) bond motifs is 2. The van der Waals surface area contributed by atoms with E-state index < -0.39 is 6.17 Å². The number of carbonyl (C=O) groups is 1. The maximum atomic E-state index is 13.9. The van der Waals surface area contributed by atoms with Crippen molar-refractivity contribution in [1.82, 2.24) is 0 Å².